The van der Waals surface area contributed by atoms with Crippen LogP contribution in [0.3, 0.4) is 0 Å². The van der Waals surface area contributed by atoms with E-state index in [1.165, 1.54) is 25.7 Å². The molecule has 1 N–H and O–H groups in total. The van der Waals surface area contributed by atoms with Gasteiger partial charge >= 0.3 is 0 Å². The van der Waals surface area contributed by atoms with Gasteiger partial charge in [-0.05, 0) is 45.1 Å². The summed E-state index contributed by atoms with van der Waals surface area (Å²) in [7, 11) is 0. The molecule has 0 aromatic heterocycles. The van der Waals surface area contributed by atoms with Crippen LogP contribution >= 0.6 is 0 Å². The predicted molar refractivity (Wildman–Crippen MR) is 69.1 cm³/mol. The monoisotopic (exact) mass is 241 g/mol. The number of hydrogen-bond donors (Lipinski definition) is 1. The van der Waals surface area contributed by atoms with Crippen molar-refractivity contribution < 1.29 is 9.47 Å². The highest BCUT2D eigenvalue weighted by Crippen LogP contribution is 2.31. The summed E-state index contributed by atoms with van der Waals surface area (Å²) in [5.74, 6) is 1.48. The fourth-order valence-electron chi connectivity index (χ4n) is 3.27. The van der Waals surface area contributed by atoms with Crippen LogP contribution in [0.25, 0.3) is 0 Å². The largest absolute Gasteiger partial charge is 0.381 e. The van der Waals surface area contributed by atoms with Gasteiger partial charge in [0.1, 0.15) is 0 Å². The van der Waals surface area contributed by atoms with Gasteiger partial charge in [-0.3, -0.25) is 0 Å². The topological polar surface area (TPSA) is 30.5 Å². The predicted octanol–water partition coefficient (Wildman–Crippen LogP) is 2.21. The normalized spacial score (nSPS) is 32.8. The first kappa shape index (κ1) is 13.3. The van der Waals surface area contributed by atoms with E-state index in [2.05, 4.69) is 19.2 Å². The zero-order chi connectivity index (χ0) is 12.1. The molecule has 0 aromatic rings. The van der Waals surface area contributed by atoms with Crippen LogP contribution in [-0.4, -0.2) is 38.5 Å². The van der Waals surface area contributed by atoms with Gasteiger partial charge in [-0.25, -0.2) is 0 Å². The Morgan fingerprint density at radius 1 is 1.18 bits per heavy atom. The van der Waals surface area contributed by atoms with Gasteiger partial charge in [-0.15, -0.1) is 0 Å². The summed E-state index contributed by atoms with van der Waals surface area (Å²) in [6.45, 7) is 8.43. The third-order valence-electron chi connectivity index (χ3n) is 4.30. The second-order valence-electron chi connectivity index (χ2n) is 5.46. The Labute approximate surface area is 105 Å². The van der Waals surface area contributed by atoms with Gasteiger partial charge in [-0.2, -0.15) is 0 Å². The molecule has 2 saturated heterocycles. The lowest BCUT2D eigenvalue weighted by Crippen LogP contribution is -2.46. The van der Waals surface area contributed by atoms with Crippen LogP contribution in [0.2, 0.25) is 0 Å². The molecule has 3 heteroatoms. The molecular formula is C14H27NO2. The van der Waals surface area contributed by atoms with Crippen molar-refractivity contribution >= 4 is 0 Å². The van der Waals surface area contributed by atoms with E-state index in [1.807, 2.05) is 0 Å². The lowest BCUT2D eigenvalue weighted by Gasteiger charge is -2.36. The van der Waals surface area contributed by atoms with Crippen molar-refractivity contribution in [3.63, 3.8) is 0 Å². The van der Waals surface area contributed by atoms with E-state index in [0.717, 1.165) is 32.3 Å². The fraction of sp³-hybridized carbons (Fsp3) is 1.00. The molecule has 2 heterocycles. The maximum atomic E-state index is 5.75. The Kier molecular flexibility index (Phi) is 5.26. The summed E-state index contributed by atoms with van der Waals surface area (Å²) in [6, 6.07) is 0.636. The van der Waals surface area contributed by atoms with Crippen molar-refractivity contribution in [2.45, 2.75) is 51.7 Å². The van der Waals surface area contributed by atoms with Crippen molar-refractivity contribution in [3.8, 4) is 0 Å². The van der Waals surface area contributed by atoms with Crippen molar-refractivity contribution in [3.05, 3.63) is 0 Å². The van der Waals surface area contributed by atoms with Gasteiger partial charge in [0.25, 0.3) is 0 Å². The van der Waals surface area contributed by atoms with Crippen LogP contribution < -0.4 is 5.32 Å². The van der Waals surface area contributed by atoms with Crippen LogP contribution in [-0.2, 0) is 9.47 Å². The zero-order valence-corrected chi connectivity index (χ0v) is 11.3. The van der Waals surface area contributed by atoms with Gasteiger partial charge in [0, 0.05) is 31.8 Å². The number of ether oxygens (including phenoxy) is 2. The number of nitrogens with one attached hydrogen (secondary N) is 1. The van der Waals surface area contributed by atoms with Gasteiger partial charge in [0.15, 0.2) is 0 Å². The first-order chi connectivity index (χ1) is 8.33. The number of hydrogen-bond acceptors (Lipinski definition) is 3. The van der Waals surface area contributed by atoms with Crippen LogP contribution in [0.1, 0.15) is 39.5 Å². The van der Waals surface area contributed by atoms with Crippen molar-refractivity contribution in [1.29, 1.82) is 0 Å². The molecule has 3 atom stereocenters. The molecule has 0 saturated carbocycles. The molecule has 0 amide bonds. The van der Waals surface area contributed by atoms with E-state index in [4.69, 9.17) is 9.47 Å². The average molecular weight is 241 g/mol. The summed E-state index contributed by atoms with van der Waals surface area (Å²) in [4.78, 5) is 0. The Hall–Kier alpha value is -0.120. The maximum Gasteiger partial charge on any atom is 0.0590 e. The minimum atomic E-state index is 0.423. The molecule has 17 heavy (non-hydrogen) atoms. The third kappa shape index (κ3) is 3.43. The molecule has 0 radical (unpaired) electrons. The molecule has 0 aliphatic carbocycles. The Morgan fingerprint density at radius 3 is 2.53 bits per heavy atom. The molecular weight excluding hydrogens is 214 g/mol. The standard InChI is InChI=1S/C14H27NO2/c1-3-7-15-14(12-4-8-16-9-5-12)13-6-10-17-11(13)2/h11-15H,3-10H2,1-2H3. The highest BCUT2D eigenvalue weighted by atomic mass is 16.5. The van der Waals surface area contributed by atoms with Gasteiger partial charge < -0.3 is 14.8 Å². The van der Waals surface area contributed by atoms with Crippen LogP contribution in [0, 0.1) is 11.8 Å². The summed E-state index contributed by atoms with van der Waals surface area (Å²) >= 11 is 0. The van der Waals surface area contributed by atoms with Crippen LogP contribution in [0.15, 0.2) is 0 Å². The van der Waals surface area contributed by atoms with E-state index in [9.17, 15) is 0 Å². The molecule has 0 aromatic carbocycles. The van der Waals surface area contributed by atoms with E-state index >= 15 is 0 Å². The zero-order valence-electron chi connectivity index (χ0n) is 11.3. The minimum Gasteiger partial charge on any atom is -0.381 e. The summed E-state index contributed by atoms with van der Waals surface area (Å²) in [5.41, 5.74) is 0. The molecule has 2 aliphatic rings. The molecule has 3 nitrogen and oxygen atoms in total. The summed E-state index contributed by atoms with van der Waals surface area (Å²) in [6.07, 6.45) is 5.28. The van der Waals surface area contributed by atoms with Gasteiger partial charge in [0.2, 0.25) is 0 Å². The quantitative estimate of drug-likeness (QED) is 0.800. The molecule has 3 unspecified atom stereocenters. The Bertz CT molecular complexity index is 216. The van der Waals surface area contributed by atoms with E-state index in [1.54, 1.807) is 0 Å². The smallest absolute Gasteiger partial charge is 0.0590 e. The molecule has 2 aliphatic heterocycles. The van der Waals surface area contributed by atoms with Crippen LogP contribution in [0.4, 0.5) is 0 Å². The van der Waals surface area contributed by atoms with Crippen LogP contribution in [0.5, 0.6) is 0 Å². The van der Waals surface area contributed by atoms with E-state index < -0.39 is 0 Å². The molecule has 0 bridgehead atoms. The molecule has 100 valence electrons. The second-order valence-corrected chi connectivity index (χ2v) is 5.46. The Balaban J connectivity index is 1.95. The first-order valence-corrected chi connectivity index (χ1v) is 7.25. The average Bonchev–Trinajstić information content (AvgIpc) is 2.78. The van der Waals surface area contributed by atoms with Crippen molar-refractivity contribution in [2.24, 2.45) is 11.8 Å². The highest BCUT2D eigenvalue weighted by Gasteiger charge is 2.36. The third-order valence-corrected chi connectivity index (χ3v) is 4.30. The maximum absolute atomic E-state index is 5.75. The first-order valence-electron chi connectivity index (χ1n) is 7.25. The van der Waals surface area contributed by atoms with E-state index in [-0.39, 0.29) is 0 Å². The fourth-order valence-corrected chi connectivity index (χ4v) is 3.27. The van der Waals surface area contributed by atoms with Gasteiger partial charge in [0.05, 0.1) is 6.10 Å². The minimum absolute atomic E-state index is 0.423. The molecule has 2 fully saturated rings. The molecule has 0 spiro atoms. The SMILES string of the molecule is CCCNC(C1CCOCC1)C1CCOC1C. The van der Waals surface area contributed by atoms with Gasteiger partial charge in [-0.1, -0.05) is 6.92 Å². The number of rotatable bonds is 5. The lowest BCUT2D eigenvalue weighted by atomic mass is 9.80. The Morgan fingerprint density at radius 2 is 1.94 bits per heavy atom. The van der Waals surface area contributed by atoms with Crippen molar-refractivity contribution in [2.75, 3.05) is 26.4 Å². The highest BCUT2D eigenvalue weighted by molar-refractivity contribution is 4.89. The second kappa shape index (κ2) is 6.72. The van der Waals surface area contributed by atoms with Crippen molar-refractivity contribution in [1.82, 2.24) is 5.32 Å². The lowest BCUT2D eigenvalue weighted by molar-refractivity contribution is 0.0315. The summed E-state index contributed by atoms with van der Waals surface area (Å²) < 4.78 is 11.2. The summed E-state index contributed by atoms with van der Waals surface area (Å²) in [5, 5.41) is 3.78. The van der Waals surface area contributed by atoms with E-state index in [0.29, 0.717) is 18.1 Å². The molecule has 2 rings (SSSR count).